The van der Waals surface area contributed by atoms with Crippen molar-refractivity contribution in [1.29, 1.82) is 0 Å². The second-order valence-corrected chi connectivity index (χ2v) is 8.27. The third-order valence-corrected chi connectivity index (χ3v) is 5.69. The van der Waals surface area contributed by atoms with Crippen LogP contribution in [-0.2, 0) is 6.54 Å². The van der Waals surface area contributed by atoms with Crippen LogP contribution in [0.2, 0.25) is 5.02 Å². The average molecular weight is 407 g/mol. The van der Waals surface area contributed by atoms with Gasteiger partial charge >= 0.3 is 0 Å². The van der Waals surface area contributed by atoms with Crippen LogP contribution in [-0.4, -0.2) is 31.6 Å². The fourth-order valence-electron chi connectivity index (χ4n) is 3.92. The Morgan fingerprint density at radius 3 is 2.21 bits per heavy atom. The summed E-state index contributed by atoms with van der Waals surface area (Å²) in [7, 11) is 2.21. The molecule has 3 aromatic carbocycles. The highest BCUT2D eigenvalue weighted by molar-refractivity contribution is 6.30. The van der Waals surface area contributed by atoms with Crippen molar-refractivity contribution in [2.24, 2.45) is 5.92 Å². The first-order valence-electron chi connectivity index (χ1n) is 10.2. The van der Waals surface area contributed by atoms with Crippen LogP contribution in [0.3, 0.4) is 0 Å². The van der Waals surface area contributed by atoms with Gasteiger partial charge < -0.3 is 14.5 Å². The van der Waals surface area contributed by atoms with Gasteiger partial charge in [-0.3, -0.25) is 0 Å². The summed E-state index contributed by atoms with van der Waals surface area (Å²) in [5.41, 5.74) is 2.56. The zero-order valence-electron chi connectivity index (χ0n) is 16.8. The van der Waals surface area contributed by atoms with Crippen LogP contribution in [0.4, 0.5) is 5.69 Å². The molecule has 3 nitrogen and oxygen atoms in total. The first-order valence-corrected chi connectivity index (χ1v) is 10.5. The fraction of sp³-hybridized carbons (Fsp3) is 0.280. The van der Waals surface area contributed by atoms with Crippen molar-refractivity contribution in [3.8, 4) is 11.5 Å². The summed E-state index contributed by atoms with van der Waals surface area (Å²) < 4.78 is 5.95. The summed E-state index contributed by atoms with van der Waals surface area (Å²) in [6.45, 7) is 4.34. The highest BCUT2D eigenvalue weighted by Crippen LogP contribution is 2.28. The molecular formula is C25H27ClN2O. The zero-order valence-corrected chi connectivity index (χ0v) is 17.6. The van der Waals surface area contributed by atoms with E-state index in [1.807, 2.05) is 36.4 Å². The maximum atomic E-state index is 5.95. The molecule has 29 heavy (non-hydrogen) atoms. The lowest BCUT2D eigenvalue weighted by atomic mass is 10.1. The molecule has 1 unspecified atom stereocenters. The average Bonchev–Trinajstić information content (AvgIpc) is 3.15. The second-order valence-electron chi connectivity index (χ2n) is 7.83. The molecule has 3 aromatic rings. The molecule has 150 valence electrons. The lowest BCUT2D eigenvalue weighted by Gasteiger charge is -2.28. The molecule has 0 bridgehead atoms. The Morgan fingerprint density at radius 2 is 1.59 bits per heavy atom. The summed E-state index contributed by atoms with van der Waals surface area (Å²) in [4.78, 5) is 4.92. The molecule has 1 fully saturated rings. The van der Waals surface area contributed by atoms with E-state index < -0.39 is 0 Å². The van der Waals surface area contributed by atoms with Crippen LogP contribution in [0.5, 0.6) is 11.5 Å². The molecule has 0 amide bonds. The predicted octanol–water partition coefficient (Wildman–Crippen LogP) is 6.09. The highest BCUT2D eigenvalue weighted by atomic mass is 35.5. The van der Waals surface area contributed by atoms with Gasteiger partial charge in [-0.05, 0) is 80.0 Å². The number of hydrogen-bond acceptors (Lipinski definition) is 3. The van der Waals surface area contributed by atoms with Gasteiger partial charge in [0.2, 0.25) is 0 Å². The molecule has 0 radical (unpaired) electrons. The Hall–Kier alpha value is -2.49. The van der Waals surface area contributed by atoms with Crippen LogP contribution >= 0.6 is 11.6 Å². The molecule has 0 spiro atoms. The summed E-state index contributed by atoms with van der Waals surface area (Å²) in [5, 5.41) is 0.710. The molecule has 1 heterocycles. The number of hydrogen-bond donors (Lipinski definition) is 0. The van der Waals surface area contributed by atoms with Gasteiger partial charge in [0.25, 0.3) is 0 Å². The van der Waals surface area contributed by atoms with Gasteiger partial charge in [0, 0.05) is 30.3 Å². The van der Waals surface area contributed by atoms with Crippen LogP contribution in [0, 0.1) is 5.92 Å². The van der Waals surface area contributed by atoms with Crippen molar-refractivity contribution in [2.45, 2.75) is 13.0 Å². The SMILES string of the molecule is CN1CCC(CN(Cc2ccccc2)c2ccc(Oc3ccc(Cl)cc3)cc2)C1. The normalized spacial score (nSPS) is 16.7. The molecule has 1 aliphatic rings. The van der Waals surface area contributed by atoms with Crippen LogP contribution in [0.1, 0.15) is 12.0 Å². The molecule has 1 aliphatic heterocycles. The fourth-order valence-corrected chi connectivity index (χ4v) is 4.04. The molecule has 4 rings (SSSR count). The first-order chi connectivity index (χ1) is 14.2. The monoisotopic (exact) mass is 406 g/mol. The van der Waals surface area contributed by atoms with Gasteiger partial charge in [0.15, 0.2) is 0 Å². The number of benzene rings is 3. The highest BCUT2D eigenvalue weighted by Gasteiger charge is 2.22. The summed E-state index contributed by atoms with van der Waals surface area (Å²) in [5.74, 6) is 2.32. The first kappa shape index (κ1) is 19.8. The maximum absolute atomic E-state index is 5.95. The third-order valence-electron chi connectivity index (χ3n) is 5.43. The summed E-state index contributed by atoms with van der Waals surface area (Å²) in [6.07, 6.45) is 1.26. The van der Waals surface area contributed by atoms with Crippen molar-refractivity contribution in [3.63, 3.8) is 0 Å². The number of ether oxygens (including phenoxy) is 1. The molecule has 4 heteroatoms. The number of anilines is 1. The van der Waals surface area contributed by atoms with E-state index in [1.54, 1.807) is 0 Å². The van der Waals surface area contributed by atoms with E-state index in [2.05, 4.69) is 59.3 Å². The number of rotatable bonds is 7. The summed E-state index contributed by atoms with van der Waals surface area (Å²) >= 11 is 5.95. The largest absolute Gasteiger partial charge is 0.457 e. The maximum Gasteiger partial charge on any atom is 0.127 e. The minimum absolute atomic E-state index is 0.703. The number of nitrogens with zero attached hydrogens (tertiary/aromatic N) is 2. The molecule has 1 atom stereocenters. The Bertz CT molecular complexity index is 896. The van der Waals surface area contributed by atoms with Crippen LogP contribution in [0.25, 0.3) is 0 Å². The number of likely N-dealkylation sites (tertiary alicyclic amines) is 1. The van der Waals surface area contributed by atoms with Gasteiger partial charge in [-0.2, -0.15) is 0 Å². The minimum Gasteiger partial charge on any atom is -0.457 e. The van der Waals surface area contributed by atoms with E-state index in [0.717, 1.165) is 24.6 Å². The Labute approximate surface area is 178 Å². The van der Waals surface area contributed by atoms with Crippen molar-refractivity contribution >= 4 is 17.3 Å². The van der Waals surface area contributed by atoms with Gasteiger partial charge in [-0.1, -0.05) is 41.9 Å². The Balaban J connectivity index is 1.49. The van der Waals surface area contributed by atoms with E-state index in [4.69, 9.17) is 16.3 Å². The molecule has 1 saturated heterocycles. The van der Waals surface area contributed by atoms with Crippen molar-refractivity contribution in [3.05, 3.63) is 89.4 Å². The standard InChI is InChI=1S/C25H27ClN2O/c1-27-16-15-21(17-27)19-28(18-20-5-3-2-4-6-20)23-9-13-25(14-10-23)29-24-11-7-22(26)8-12-24/h2-14,21H,15-19H2,1H3. The molecule has 0 N–H and O–H groups in total. The van der Waals surface area contributed by atoms with Crippen molar-refractivity contribution in [2.75, 3.05) is 31.6 Å². The van der Waals surface area contributed by atoms with Gasteiger partial charge in [-0.15, -0.1) is 0 Å². The van der Waals surface area contributed by atoms with E-state index >= 15 is 0 Å². The van der Waals surface area contributed by atoms with Crippen molar-refractivity contribution < 1.29 is 4.74 Å². The topological polar surface area (TPSA) is 15.7 Å². The van der Waals surface area contributed by atoms with Crippen molar-refractivity contribution in [1.82, 2.24) is 4.90 Å². The van der Waals surface area contributed by atoms with E-state index in [1.165, 1.54) is 30.8 Å². The van der Waals surface area contributed by atoms with E-state index in [-0.39, 0.29) is 0 Å². The van der Waals surface area contributed by atoms with Gasteiger partial charge in [0.05, 0.1) is 0 Å². The van der Waals surface area contributed by atoms with Gasteiger partial charge in [-0.25, -0.2) is 0 Å². The quantitative estimate of drug-likeness (QED) is 0.472. The van der Waals surface area contributed by atoms with Crippen LogP contribution < -0.4 is 9.64 Å². The second kappa shape index (κ2) is 9.34. The van der Waals surface area contributed by atoms with E-state index in [9.17, 15) is 0 Å². The minimum atomic E-state index is 0.703. The Morgan fingerprint density at radius 1 is 0.931 bits per heavy atom. The molecule has 0 aliphatic carbocycles. The predicted molar refractivity (Wildman–Crippen MR) is 121 cm³/mol. The number of halogens is 1. The Kier molecular flexibility index (Phi) is 6.38. The molecular weight excluding hydrogens is 380 g/mol. The molecule has 0 saturated carbocycles. The third kappa shape index (κ3) is 5.53. The zero-order chi connectivity index (χ0) is 20.1. The lowest BCUT2D eigenvalue weighted by Crippen LogP contribution is -2.30. The smallest absolute Gasteiger partial charge is 0.127 e. The molecule has 0 aromatic heterocycles. The summed E-state index contributed by atoms with van der Waals surface area (Å²) in [6, 6.07) is 26.5. The lowest BCUT2D eigenvalue weighted by molar-refractivity contribution is 0.394. The van der Waals surface area contributed by atoms with Crippen LogP contribution in [0.15, 0.2) is 78.9 Å². The van der Waals surface area contributed by atoms with Gasteiger partial charge in [0.1, 0.15) is 11.5 Å². The van der Waals surface area contributed by atoms with E-state index in [0.29, 0.717) is 10.9 Å².